The first-order valence-corrected chi connectivity index (χ1v) is 4.37. The first-order chi connectivity index (χ1) is 7.07. The van der Waals surface area contributed by atoms with Crippen LogP contribution in [-0.2, 0) is 0 Å². The Bertz CT molecular complexity index is 349. The number of hydrogen-bond acceptors (Lipinski definition) is 4. The van der Waals surface area contributed by atoms with E-state index < -0.39 is 24.8 Å². The molecule has 0 amide bonds. The van der Waals surface area contributed by atoms with Crippen LogP contribution in [0.4, 0.5) is 0 Å². The van der Waals surface area contributed by atoms with Crippen LogP contribution in [0.2, 0.25) is 0 Å². The molecule has 1 aromatic rings. The molecule has 0 saturated heterocycles. The number of aliphatic hydroxyl groups excluding tert-OH is 3. The molecule has 0 heterocycles. The highest BCUT2D eigenvalue weighted by Crippen LogP contribution is 2.20. The summed E-state index contributed by atoms with van der Waals surface area (Å²) in [6, 6.07) is 5.79. The average Bonchev–Trinajstić information content (AvgIpc) is 2.27. The van der Waals surface area contributed by atoms with Crippen molar-refractivity contribution in [2.75, 3.05) is 6.61 Å². The highest BCUT2D eigenvalue weighted by atomic mass is 16.4. The molecule has 4 N–H and O–H groups in total. The zero-order chi connectivity index (χ0) is 11.4. The van der Waals surface area contributed by atoms with E-state index in [4.69, 9.17) is 10.2 Å². The Labute approximate surface area is 86.2 Å². The van der Waals surface area contributed by atoms with E-state index in [9.17, 15) is 15.0 Å². The standard InChI is InChI=1S/C10H12O5/c11-5-8(12)9(13)6-3-1-2-4-7(6)10(14)15/h1-4,8-9,11-13H,5H2,(H,14,15). The lowest BCUT2D eigenvalue weighted by molar-refractivity contribution is -0.0157. The molecule has 0 spiro atoms. The van der Waals surface area contributed by atoms with Gasteiger partial charge >= 0.3 is 5.97 Å². The van der Waals surface area contributed by atoms with Crippen LogP contribution < -0.4 is 0 Å². The molecular formula is C10H12O5. The van der Waals surface area contributed by atoms with Crippen molar-refractivity contribution in [3.8, 4) is 0 Å². The van der Waals surface area contributed by atoms with Gasteiger partial charge in [0.15, 0.2) is 0 Å². The van der Waals surface area contributed by atoms with Crippen molar-refractivity contribution in [1.29, 1.82) is 0 Å². The zero-order valence-corrected chi connectivity index (χ0v) is 7.87. The van der Waals surface area contributed by atoms with E-state index in [-0.39, 0.29) is 11.1 Å². The summed E-state index contributed by atoms with van der Waals surface area (Å²) in [5, 5.41) is 36.2. The van der Waals surface area contributed by atoms with Gasteiger partial charge in [-0.1, -0.05) is 18.2 Å². The van der Waals surface area contributed by atoms with Crippen LogP contribution in [0.15, 0.2) is 24.3 Å². The number of aromatic carboxylic acids is 1. The van der Waals surface area contributed by atoms with Gasteiger partial charge in [-0.05, 0) is 11.6 Å². The highest BCUT2D eigenvalue weighted by Gasteiger charge is 2.22. The molecule has 2 unspecified atom stereocenters. The van der Waals surface area contributed by atoms with E-state index in [1.165, 1.54) is 18.2 Å². The molecule has 0 fully saturated rings. The molecule has 0 aliphatic heterocycles. The number of rotatable bonds is 4. The van der Waals surface area contributed by atoms with Crippen molar-refractivity contribution in [3.05, 3.63) is 35.4 Å². The Balaban J connectivity index is 3.07. The molecule has 0 aromatic heterocycles. The lowest BCUT2D eigenvalue weighted by Gasteiger charge is -2.17. The van der Waals surface area contributed by atoms with Gasteiger partial charge in [0.05, 0.1) is 12.2 Å². The SMILES string of the molecule is O=C(O)c1ccccc1C(O)C(O)CO. The Morgan fingerprint density at radius 2 is 1.87 bits per heavy atom. The summed E-state index contributed by atoms with van der Waals surface area (Å²) in [5.41, 5.74) is 0.00375. The molecule has 1 rings (SSSR count). The molecule has 2 atom stereocenters. The van der Waals surface area contributed by atoms with Crippen LogP contribution in [0.25, 0.3) is 0 Å². The second-order valence-corrected chi connectivity index (χ2v) is 3.09. The summed E-state index contributed by atoms with van der Waals surface area (Å²) < 4.78 is 0. The van der Waals surface area contributed by atoms with Gasteiger partial charge in [-0.15, -0.1) is 0 Å². The summed E-state index contributed by atoms with van der Waals surface area (Å²) >= 11 is 0. The van der Waals surface area contributed by atoms with Crippen molar-refractivity contribution >= 4 is 5.97 Å². The smallest absolute Gasteiger partial charge is 0.336 e. The number of carboxylic acids is 1. The van der Waals surface area contributed by atoms with Gasteiger partial charge in [-0.2, -0.15) is 0 Å². The van der Waals surface area contributed by atoms with Crippen LogP contribution in [0.3, 0.4) is 0 Å². The maximum absolute atomic E-state index is 10.8. The summed E-state index contributed by atoms with van der Waals surface area (Å²) in [6.45, 7) is -0.630. The van der Waals surface area contributed by atoms with Gasteiger partial charge < -0.3 is 20.4 Å². The topological polar surface area (TPSA) is 98.0 Å². The largest absolute Gasteiger partial charge is 0.478 e. The fraction of sp³-hybridized carbons (Fsp3) is 0.300. The molecule has 1 aromatic carbocycles. The van der Waals surface area contributed by atoms with Crippen LogP contribution >= 0.6 is 0 Å². The Morgan fingerprint density at radius 3 is 2.40 bits per heavy atom. The van der Waals surface area contributed by atoms with Gasteiger partial charge in [0.1, 0.15) is 12.2 Å². The van der Waals surface area contributed by atoms with Crippen LogP contribution in [0.1, 0.15) is 22.0 Å². The number of hydrogen-bond donors (Lipinski definition) is 4. The third-order valence-corrected chi connectivity index (χ3v) is 2.06. The zero-order valence-electron chi connectivity index (χ0n) is 7.87. The first kappa shape index (κ1) is 11.6. The minimum absolute atomic E-state index is 0.0856. The van der Waals surface area contributed by atoms with Crippen molar-refractivity contribution in [2.24, 2.45) is 0 Å². The molecule has 0 bridgehead atoms. The predicted octanol–water partition coefficient (Wildman–Crippen LogP) is -0.229. The van der Waals surface area contributed by atoms with E-state index in [1.807, 2.05) is 0 Å². The normalized spacial score (nSPS) is 14.6. The van der Waals surface area contributed by atoms with Crippen LogP contribution in [0.5, 0.6) is 0 Å². The second-order valence-electron chi connectivity index (χ2n) is 3.09. The van der Waals surface area contributed by atoms with Gasteiger partial charge in [0.2, 0.25) is 0 Å². The number of benzene rings is 1. The van der Waals surface area contributed by atoms with Crippen molar-refractivity contribution < 1.29 is 25.2 Å². The maximum Gasteiger partial charge on any atom is 0.336 e. The molecule has 0 saturated carbocycles. The molecule has 15 heavy (non-hydrogen) atoms. The fourth-order valence-electron chi connectivity index (χ4n) is 1.26. The monoisotopic (exact) mass is 212 g/mol. The number of aliphatic hydroxyl groups is 3. The predicted molar refractivity (Wildman–Crippen MR) is 51.5 cm³/mol. The lowest BCUT2D eigenvalue weighted by atomic mass is 9.99. The Morgan fingerprint density at radius 1 is 1.27 bits per heavy atom. The molecule has 0 aliphatic carbocycles. The minimum Gasteiger partial charge on any atom is -0.478 e. The van der Waals surface area contributed by atoms with E-state index in [1.54, 1.807) is 6.07 Å². The van der Waals surface area contributed by atoms with Gasteiger partial charge in [-0.25, -0.2) is 4.79 Å². The van der Waals surface area contributed by atoms with Crippen molar-refractivity contribution in [3.63, 3.8) is 0 Å². The molecule has 5 heteroatoms. The molecule has 0 aliphatic rings. The minimum atomic E-state index is -1.40. The lowest BCUT2D eigenvalue weighted by Crippen LogP contribution is -2.23. The van der Waals surface area contributed by atoms with E-state index >= 15 is 0 Å². The Hall–Kier alpha value is -1.43. The molecule has 82 valence electrons. The van der Waals surface area contributed by atoms with Gasteiger partial charge in [-0.3, -0.25) is 0 Å². The van der Waals surface area contributed by atoms with Gasteiger partial charge in [0, 0.05) is 0 Å². The van der Waals surface area contributed by atoms with Gasteiger partial charge in [0.25, 0.3) is 0 Å². The van der Waals surface area contributed by atoms with Crippen molar-refractivity contribution in [2.45, 2.75) is 12.2 Å². The third-order valence-electron chi connectivity index (χ3n) is 2.06. The maximum atomic E-state index is 10.8. The van der Waals surface area contributed by atoms with Crippen LogP contribution in [-0.4, -0.2) is 39.1 Å². The quantitative estimate of drug-likeness (QED) is 0.552. The van der Waals surface area contributed by atoms with Crippen molar-refractivity contribution in [1.82, 2.24) is 0 Å². The molecule has 5 nitrogen and oxygen atoms in total. The summed E-state index contributed by atoms with van der Waals surface area (Å²) in [4.78, 5) is 10.8. The summed E-state index contributed by atoms with van der Waals surface area (Å²) in [6.07, 6.45) is -2.78. The average molecular weight is 212 g/mol. The molecular weight excluding hydrogens is 200 g/mol. The third kappa shape index (κ3) is 2.53. The first-order valence-electron chi connectivity index (χ1n) is 4.37. The van der Waals surface area contributed by atoms with E-state index in [2.05, 4.69) is 0 Å². The number of carbonyl (C=O) groups is 1. The summed E-state index contributed by atoms with van der Waals surface area (Å²) in [5.74, 6) is -1.19. The summed E-state index contributed by atoms with van der Waals surface area (Å²) in [7, 11) is 0. The Kier molecular flexibility index (Phi) is 3.79. The van der Waals surface area contributed by atoms with E-state index in [0.717, 1.165) is 0 Å². The van der Waals surface area contributed by atoms with Crippen LogP contribution in [0, 0.1) is 0 Å². The highest BCUT2D eigenvalue weighted by molar-refractivity contribution is 5.89. The fourth-order valence-corrected chi connectivity index (χ4v) is 1.26. The molecule has 0 radical (unpaired) electrons. The number of carboxylic acid groups (broad SMARTS) is 1. The van der Waals surface area contributed by atoms with E-state index in [0.29, 0.717) is 0 Å². The second kappa shape index (κ2) is 4.88.